The number of sulfonamides is 1. The molecule has 0 unspecified atom stereocenters. The summed E-state index contributed by atoms with van der Waals surface area (Å²) in [5.41, 5.74) is 1.66. The van der Waals surface area contributed by atoms with E-state index in [1.165, 1.54) is 17.0 Å². The highest BCUT2D eigenvalue weighted by molar-refractivity contribution is 7.92. The molecule has 0 heterocycles. The Morgan fingerprint density at radius 1 is 0.826 bits per heavy atom. The Morgan fingerprint density at radius 2 is 1.48 bits per heavy atom. The molecule has 2 amide bonds. The molecule has 0 aromatic heterocycles. The number of carbonyl (C=O) groups excluding carboxylic acids is 2. The number of hydrogen-bond donors (Lipinski definition) is 1. The van der Waals surface area contributed by atoms with E-state index in [4.69, 9.17) is 27.9 Å². The second kappa shape index (κ2) is 16.5. The number of rotatable bonds is 15. The fourth-order valence-electron chi connectivity index (χ4n) is 4.93. The first-order valence-electron chi connectivity index (χ1n) is 15.0. The summed E-state index contributed by atoms with van der Waals surface area (Å²) in [4.78, 5) is 29.8. The molecule has 0 spiro atoms. The number of amides is 2. The topological polar surface area (TPSA) is 96.0 Å². The summed E-state index contributed by atoms with van der Waals surface area (Å²) >= 11 is 12.5. The van der Waals surface area contributed by atoms with Crippen LogP contribution in [0.2, 0.25) is 10.0 Å². The smallest absolute Gasteiger partial charge is 0.264 e. The van der Waals surface area contributed by atoms with Crippen molar-refractivity contribution in [3.05, 3.63) is 124 Å². The fourth-order valence-corrected chi connectivity index (χ4v) is 6.69. The summed E-state index contributed by atoms with van der Waals surface area (Å²) < 4.78 is 35.3. The molecule has 0 aliphatic carbocycles. The summed E-state index contributed by atoms with van der Waals surface area (Å²) in [5.74, 6) is -0.648. The molecule has 4 aromatic rings. The molecule has 4 rings (SSSR count). The molecule has 46 heavy (non-hydrogen) atoms. The molecule has 8 nitrogen and oxygen atoms in total. The first kappa shape index (κ1) is 34.8. The predicted molar refractivity (Wildman–Crippen MR) is 183 cm³/mol. The van der Waals surface area contributed by atoms with Crippen molar-refractivity contribution in [2.75, 3.05) is 24.0 Å². The van der Waals surface area contributed by atoms with E-state index in [-0.39, 0.29) is 36.1 Å². The maximum Gasteiger partial charge on any atom is 0.264 e. The van der Waals surface area contributed by atoms with E-state index in [2.05, 4.69) is 5.32 Å². The van der Waals surface area contributed by atoms with E-state index in [0.717, 1.165) is 9.87 Å². The predicted octanol–water partition coefficient (Wildman–Crippen LogP) is 6.75. The number of hydrogen-bond acceptors (Lipinski definition) is 5. The highest BCUT2D eigenvalue weighted by Gasteiger charge is 2.35. The molecule has 242 valence electrons. The lowest BCUT2D eigenvalue weighted by atomic mass is 10.0. The van der Waals surface area contributed by atoms with Crippen molar-refractivity contribution in [3.8, 4) is 5.75 Å². The van der Waals surface area contributed by atoms with Gasteiger partial charge < -0.3 is 15.0 Å². The minimum absolute atomic E-state index is 0.00617. The van der Waals surface area contributed by atoms with Gasteiger partial charge in [-0.25, -0.2) is 8.42 Å². The maximum absolute atomic E-state index is 14.6. The van der Waals surface area contributed by atoms with Crippen LogP contribution in [-0.2, 0) is 32.6 Å². The maximum atomic E-state index is 14.6. The minimum Gasteiger partial charge on any atom is -0.492 e. The van der Waals surface area contributed by atoms with Crippen LogP contribution < -0.4 is 14.4 Å². The van der Waals surface area contributed by atoms with Crippen LogP contribution in [0, 0.1) is 0 Å². The summed E-state index contributed by atoms with van der Waals surface area (Å²) in [7, 11) is -4.26. The average molecular weight is 683 g/mol. The molecule has 0 aliphatic rings. The standard InChI is InChI=1S/C35H37Cl2N3O5S/c1-3-21-38-35(42)32(23-26-13-7-5-8-14-26)39(24-27-19-20-29(36)30(37)22-27)34(41)25-40(31-17-11-12-18-33(31)45-4-2)46(43,44)28-15-9-6-10-16-28/h5-20,22,32H,3-4,21,23-25H2,1-2H3,(H,38,42)/t32-/m1/s1. The van der Waals surface area contributed by atoms with Crippen LogP contribution in [0.25, 0.3) is 0 Å². The van der Waals surface area contributed by atoms with E-state index in [9.17, 15) is 18.0 Å². The van der Waals surface area contributed by atoms with Crippen molar-refractivity contribution in [2.24, 2.45) is 0 Å². The van der Waals surface area contributed by atoms with Gasteiger partial charge in [0.05, 0.1) is 27.2 Å². The van der Waals surface area contributed by atoms with Gasteiger partial charge in [0, 0.05) is 19.5 Å². The van der Waals surface area contributed by atoms with Gasteiger partial charge in [0.2, 0.25) is 11.8 Å². The Labute approximate surface area is 280 Å². The van der Waals surface area contributed by atoms with Crippen LogP contribution in [0.3, 0.4) is 0 Å². The number of anilines is 1. The van der Waals surface area contributed by atoms with E-state index < -0.39 is 28.5 Å². The lowest BCUT2D eigenvalue weighted by Crippen LogP contribution is -2.53. The Balaban J connectivity index is 1.84. The Bertz CT molecular complexity index is 1720. The zero-order chi connectivity index (χ0) is 33.1. The molecule has 0 saturated carbocycles. The number of para-hydroxylation sites is 2. The number of carbonyl (C=O) groups is 2. The van der Waals surface area contributed by atoms with Gasteiger partial charge in [-0.2, -0.15) is 0 Å². The third-order valence-corrected chi connectivity index (χ3v) is 9.71. The van der Waals surface area contributed by atoms with Crippen LogP contribution in [0.15, 0.2) is 108 Å². The van der Waals surface area contributed by atoms with Crippen molar-refractivity contribution >= 4 is 50.7 Å². The van der Waals surface area contributed by atoms with Gasteiger partial charge in [0.15, 0.2) is 0 Å². The number of benzene rings is 4. The van der Waals surface area contributed by atoms with E-state index in [1.54, 1.807) is 67.6 Å². The Kier molecular flexibility index (Phi) is 12.5. The van der Waals surface area contributed by atoms with Crippen LogP contribution in [-0.4, -0.2) is 50.9 Å². The number of nitrogens with one attached hydrogen (secondary N) is 1. The first-order valence-corrected chi connectivity index (χ1v) is 17.2. The summed E-state index contributed by atoms with van der Waals surface area (Å²) in [6.07, 6.45) is 0.895. The van der Waals surface area contributed by atoms with Crippen LogP contribution in [0.1, 0.15) is 31.4 Å². The SMILES string of the molecule is CCCNC(=O)[C@@H](Cc1ccccc1)N(Cc1ccc(Cl)c(Cl)c1)C(=O)CN(c1ccccc1OCC)S(=O)(=O)c1ccccc1. The lowest BCUT2D eigenvalue weighted by Gasteiger charge is -2.34. The van der Waals surface area contributed by atoms with Gasteiger partial charge in [0.25, 0.3) is 10.0 Å². The highest BCUT2D eigenvalue weighted by atomic mass is 35.5. The van der Waals surface area contributed by atoms with Crippen molar-refractivity contribution < 1.29 is 22.7 Å². The van der Waals surface area contributed by atoms with Gasteiger partial charge in [-0.3, -0.25) is 13.9 Å². The second-order valence-corrected chi connectivity index (χ2v) is 13.2. The summed E-state index contributed by atoms with van der Waals surface area (Å²) in [5, 5.41) is 3.57. The second-order valence-electron chi connectivity index (χ2n) is 10.5. The molecule has 0 fully saturated rings. The molecule has 1 N–H and O–H groups in total. The third-order valence-electron chi connectivity index (χ3n) is 7.20. The fraction of sp³-hybridized carbons (Fsp3) is 0.257. The van der Waals surface area contributed by atoms with Crippen molar-refractivity contribution in [1.29, 1.82) is 0 Å². The summed E-state index contributed by atoms with van der Waals surface area (Å²) in [6.45, 7) is 3.79. The van der Waals surface area contributed by atoms with Crippen LogP contribution >= 0.6 is 23.2 Å². The molecule has 4 aromatic carbocycles. The lowest BCUT2D eigenvalue weighted by molar-refractivity contribution is -0.140. The van der Waals surface area contributed by atoms with Crippen molar-refractivity contribution in [3.63, 3.8) is 0 Å². The molecule has 1 atom stereocenters. The van der Waals surface area contributed by atoms with Gasteiger partial charge in [-0.05, 0) is 60.9 Å². The number of halogens is 2. The van der Waals surface area contributed by atoms with E-state index in [0.29, 0.717) is 34.3 Å². The number of nitrogens with zero attached hydrogens (tertiary/aromatic N) is 2. The normalized spacial score (nSPS) is 11.8. The molecule has 0 saturated heterocycles. The highest BCUT2D eigenvalue weighted by Crippen LogP contribution is 2.33. The van der Waals surface area contributed by atoms with Gasteiger partial charge in [0.1, 0.15) is 18.3 Å². The quantitative estimate of drug-likeness (QED) is 0.150. The molecule has 0 bridgehead atoms. The van der Waals surface area contributed by atoms with Gasteiger partial charge in [-0.1, -0.05) is 96.9 Å². The average Bonchev–Trinajstić information content (AvgIpc) is 3.07. The monoisotopic (exact) mass is 681 g/mol. The Hall–Kier alpha value is -4.05. The van der Waals surface area contributed by atoms with E-state index in [1.807, 2.05) is 37.3 Å². The molecule has 0 aliphatic heterocycles. The molecular formula is C35H37Cl2N3O5S. The first-order chi connectivity index (χ1) is 22.1. The largest absolute Gasteiger partial charge is 0.492 e. The minimum atomic E-state index is -4.26. The van der Waals surface area contributed by atoms with Crippen molar-refractivity contribution in [1.82, 2.24) is 10.2 Å². The van der Waals surface area contributed by atoms with Crippen molar-refractivity contribution in [2.45, 2.75) is 44.2 Å². The molecule has 0 radical (unpaired) electrons. The van der Waals surface area contributed by atoms with Crippen LogP contribution in [0.4, 0.5) is 5.69 Å². The zero-order valence-electron chi connectivity index (χ0n) is 25.7. The van der Waals surface area contributed by atoms with Crippen LogP contribution in [0.5, 0.6) is 5.75 Å². The molecular weight excluding hydrogens is 645 g/mol. The third kappa shape index (κ3) is 8.81. The van der Waals surface area contributed by atoms with Gasteiger partial charge in [-0.15, -0.1) is 0 Å². The Morgan fingerprint density at radius 3 is 2.13 bits per heavy atom. The molecule has 11 heteroatoms. The summed E-state index contributed by atoms with van der Waals surface area (Å²) in [6, 6.07) is 27.9. The number of ether oxygens (including phenoxy) is 1. The zero-order valence-corrected chi connectivity index (χ0v) is 28.1. The van der Waals surface area contributed by atoms with Gasteiger partial charge >= 0.3 is 0 Å². The van der Waals surface area contributed by atoms with E-state index >= 15 is 0 Å².